The second kappa shape index (κ2) is 12.2. The zero-order chi connectivity index (χ0) is 27.0. The predicted molar refractivity (Wildman–Crippen MR) is 148 cm³/mol. The number of carbonyl (C=O) groups excluding carboxylic acids is 1. The maximum Gasteiger partial charge on any atom is 0.262 e. The number of nitriles is 1. The van der Waals surface area contributed by atoms with Crippen LogP contribution in [0.1, 0.15) is 43.2 Å². The molecular formula is C32H29FN4O2. The van der Waals surface area contributed by atoms with Crippen molar-refractivity contribution >= 4 is 12.0 Å². The molecule has 0 unspecified atom stereocenters. The predicted octanol–water partition coefficient (Wildman–Crippen LogP) is 6.61. The van der Waals surface area contributed by atoms with E-state index in [2.05, 4.69) is 11.4 Å². The molecule has 1 saturated carbocycles. The van der Waals surface area contributed by atoms with Crippen LogP contribution in [0, 0.1) is 17.1 Å². The SMILES string of the molecule is N#CC(=Cc1cn(-c2ccccc2)nc1-c1ccc(OCc2ccc(F)cc2)cc1)C(=O)NC1CCCCC1. The molecule has 4 aromatic rings. The molecular weight excluding hydrogens is 491 g/mol. The van der Waals surface area contributed by atoms with Gasteiger partial charge in [0, 0.05) is 23.4 Å². The van der Waals surface area contributed by atoms with Gasteiger partial charge in [-0.1, -0.05) is 49.6 Å². The standard InChI is InChI=1S/C32H29FN4O2/c33-27-15-11-23(12-16-27)22-39-30-17-13-24(14-18-30)31-26(21-37(36-31)29-9-5-2-6-10-29)19-25(20-34)32(38)35-28-7-3-1-4-8-28/h2,5-6,9-19,21,28H,1,3-4,7-8,22H2,(H,35,38). The van der Waals surface area contributed by atoms with Crippen molar-refractivity contribution in [2.24, 2.45) is 0 Å². The van der Waals surface area contributed by atoms with Crippen LogP contribution in [0.3, 0.4) is 0 Å². The van der Waals surface area contributed by atoms with E-state index in [1.807, 2.05) is 60.8 Å². The first-order chi connectivity index (χ1) is 19.1. The van der Waals surface area contributed by atoms with E-state index >= 15 is 0 Å². The summed E-state index contributed by atoms with van der Waals surface area (Å²) >= 11 is 0. The zero-order valence-corrected chi connectivity index (χ0v) is 21.5. The van der Waals surface area contributed by atoms with Gasteiger partial charge in [-0.3, -0.25) is 4.79 Å². The Morgan fingerprint density at radius 1 is 1.03 bits per heavy atom. The average Bonchev–Trinajstić information content (AvgIpc) is 3.40. The van der Waals surface area contributed by atoms with Crippen molar-refractivity contribution in [2.75, 3.05) is 0 Å². The third-order valence-electron chi connectivity index (χ3n) is 6.82. The highest BCUT2D eigenvalue weighted by Crippen LogP contribution is 2.28. The summed E-state index contributed by atoms with van der Waals surface area (Å²) in [5.74, 6) is 0.0218. The van der Waals surface area contributed by atoms with Gasteiger partial charge in [-0.05, 0) is 73.0 Å². The molecule has 1 aliphatic carbocycles. The van der Waals surface area contributed by atoms with Gasteiger partial charge < -0.3 is 10.1 Å². The number of carbonyl (C=O) groups is 1. The van der Waals surface area contributed by atoms with Gasteiger partial charge >= 0.3 is 0 Å². The molecule has 1 aliphatic rings. The summed E-state index contributed by atoms with van der Waals surface area (Å²) < 4.78 is 20.8. The number of hydrogen-bond donors (Lipinski definition) is 1. The Hall–Kier alpha value is -4.70. The van der Waals surface area contributed by atoms with Crippen molar-refractivity contribution in [1.82, 2.24) is 15.1 Å². The number of hydrogen-bond acceptors (Lipinski definition) is 4. The van der Waals surface area contributed by atoms with Crippen LogP contribution in [0.25, 0.3) is 23.0 Å². The second-order valence-electron chi connectivity index (χ2n) is 9.63. The van der Waals surface area contributed by atoms with Crippen LogP contribution < -0.4 is 10.1 Å². The van der Waals surface area contributed by atoms with E-state index in [1.165, 1.54) is 18.6 Å². The largest absolute Gasteiger partial charge is 0.489 e. The van der Waals surface area contributed by atoms with Gasteiger partial charge in [0.25, 0.3) is 5.91 Å². The quantitative estimate of drug-likeness (QED) is 0.209. The molecule has 0 radical (unpaired) electrons. The third kappa shape index (κ3) is 6.60. The van der Waals surface area contributed by atoms with E-state index in [9.17, 15) is 14.4 Å². The van der Waals surface area contributed by atoms with E-state index in [0.29, 0.717) is 23.6 Å². The first-order valence-electron chi connectivity index (χ1n) is 13.1. The summed E-state index contributed by atoms with van der Waals surface area (Å²) in [7, 11) is 0. The monoisotopic (exact) mass is 520 g/mol. The van der Waals surface area contributed by atoms with Crippen LogP contribution in [0.2, 0.25) is 0 Å². The number of rotatable bonds is 8. The summed E-state index contributed by atoms with van der Waals surface area (Å²) in [5, 5.41) is 17.7. The summed E-state index contributed by atoms with van der Waals surface area (Å²) in [6.07, 6.45) is 8.69. The molecule has 1 heterocycles. The summed E-state index contributed by atoms with van der Waals surface area (Å²) in [4.78, 5) is 13.0. The Morgan fingerprint density at radius 2 is 1.74 bits per heavy atom. The van der Waals surface area contributed by atoms with Crippen LogP contribution in [-0.2, 0) is 11.4 Å². The van der Waals surface area contributed by atoms with E-state index in [0.717, 1.165) is 42.5 Å². The topological polar surface area (TPSA) is 79.9 Å². The highest BCUT2D eigenvalue weighted by atomic mass is 19.1. The first kappa shape index (κ1) is 25.9. The van der Waals surface area contributed by atoms with E-state index in [1.54, 1.807) is 22.9 Å². The fourth-order valence-corrected chi connectivity index (χ4v) is 4.70. The molecule has 0 spiro atoms. The van der Waals surface area contributed by atoms with Crippen LogP contribution >= 0.6 is 0 Å². The third-order valence-corrected chi connectivity index (χ3v) is 6.82. The minimum atomic E-state index is -0.354. The number of benzene rings is 3. The minimum Gasteiger partial charge on any atom is -0.489 e. The van der Waals surface area contributed by atoms with E-state index in [-0.39, 0.29) is 23.3 Å². The van der Waals surface area contributed by atoms with Crippen molar-refractivity contribution < 1.29 is 13.9 Å². The lowest BCUT2D eigenvalue weighted by molar-refractivity contribution is -0.117. The van der Waals surface area contributed by atoms with Gasteiger partial charge in [-0.2, -0.15) is 10.4 Å². The maximum atomic E-state index is 13.2. The molecule has 196 valence electrons. The second-order valence-corrected chi connectivity index (χ2v) is 9.63. The lowest BCUT2D eigenvalue weighted by Gasteiger charge is -2.22. The van der Waals surface area contributed by atoms with E-state index in [4.69, 9.17) is 9.84 Å². The maximum absolute atomic E-state index is 13.2. The summed E-state index contributed by atoms with van der Waals surface area (Å²) in [6, 6.07) is 25.5. The smallest absolute Gasteiger partial charge is 0.262 e. The first-order valence-corrected chi connectivity index (χ1v) is 13.1. The molecule has 0 atom stereocenters. The van der Waals surface area contributed by atoms with Crippen molar-refractivity contribution in [1.29, 1.82) is 5.26 Å². The lowest BCUT2D eigenvalue weighted by atomic mass is 9.95. The Balaban J connectivity index is 1.41. The minimum absolute atomic E-state index is 0.0497. The Labute approximate surface area is 227 Å². The lowest BCUT2D eigenvalue weighted by Crippen LogP contribution is -2.36. The molecule has 39 heavy (non-hydrogen) atoms. The van der Waals surface area contributed by atoms with Crippen molar-refractivity contribution in [3.8, 4) is 28.8 Å². The van der Waals surface area contributed by atoms with E-state index < -0.39 is 0 Å². The van der Waals surface area contributed by atoms with Crippen molar-refractivity contribution in [3.63, 3.8) is 0 Å². The fraction of sp³-hybridized carbons (Fsp3) is 0.219. The number of aromatic nitrogens is 2. The van der Waals surface area contributed by atoms with Gasteiger partial charge in [0.05, 0.1) is 11.4 Å². The van der Waals surface area contributed by atoms with Gasteiger partial charge in [0.2, 0.25) is 0 Å². The number of ether oxygens (including phenoxy) is 1. The van der Waals surface area contributed by atoms with Gasteiger partial charge in [0.15, 0.2) is 0 Å². The highest BCUT2D eigenvalue weighted by Gasteiger charge is 2.20. The molecule has 1 aromatic heterocycles. The van der Waals surface area contributed by atoms with Crippen molar-refractivity contribution in [2.45, 2.75) is 44.8 Å². The average molecular weight is 521 g/mol. The van der Waals surface area contributed by atoms with Gasteiger partial charge in [-0.15, -0.1) is 0 Å². The number of nitrogens with one attached hydrogen (secondary N) is 1. The molecule has 1 fully saturated rings. The summed E-state index contributed by atoms with van der Waals surface area (Å²) in [5.41, 5.74) is 3.90. The molecule has 1 N–H and O–H groups in total. The number of amides is 1. The van der Waals surface area contributed by atoms with Crippen LogP contribution in [0.15, 0.2) is 90.6 Å². The van der Waals surface area contributed by atoms with Gasteiger partial charge in [-0.25, -0.2) is 9.07 Å². The molecule has 1 amide bonds. The molecule has 0 bridgehead atoms. The highest BCUT2D eigenvalue weighted by molar-refractivity contribution is 6.02. The Morgan fingerprint density at radius 3 is 2.44 bits per heavy atom. The molecule has 5 rings (SSSR count). The van der Waals surface area contributed by atoms with Gasteiger partial charge in [0.1, 0.15) is 29.8 Å². The Bertz CT molecular complexity index is 1480. The molecule has 6 nitrogen and oxygen atoms in total. The van der Waals surface area contributed by atoms with Crippen LogP contribution in [0.5, 0.6) is 5.75 Å². The molecule has 3 aromatic carbocycles. The Kier molecular flexibility index (Phi) is 8.13. The number of halogens is 1. The number of nitrogens with zero attached hydrogens (tertiary/aromatic N) is 3. The van der Waals surface area contributed by atoms with Crippen LogP contribution in [0.4, 0.5) is 4.39 Å². The summed E-state index contributed by atoms with van der Waals surface area (Å²) in [6.45, 7) is 0.317. The zero-order valence-electron chi connectivity index (χ0n) is 21.5. The normalized spacial score (nSPS) is 14.0. The molecule has 0 saturated heterocycles. The number of para-hydroxylation sites is 1. The van der Waals surface area contributed by atoms with Crippen molar-refractivity contribution in [3.05, 3.63) is 108 Å². The molecule has 0 aliphatic heterocycles. The van der Waals surface area contributed by atoms with Crippen LogP contribution in [-0.4, -0.2) is 21.7 Å². The fourth-order valence-electron chi connectivity index (χ4n) is 4.70. The molecule has 7 heteroatoms.